The van der Waals surface area contributed by atoms with Gasteiger partial charge in [0.1, 0.15) is 6.10 Å². The summed E-state index contributed by atoms with van der Waals surface area (Å²) in [6.45, 7) is 7.35. The lowest BCUT2D eigenvalue weighted by atomic mass is 9.99. The van der Waals surface area contributed by atoms with E-state index in [0.717, 1.165) is 16.7 Å². The van der Waals surface area contributed by atoms with Crippen molar-refractivity contribution in [3.05, 3.63) is 70.8 Å². The maximum Gasteiger partial charge on any atom is 0.253 e. The van der Waals surface area contributed by atoms with Crippen LogP contribution in [0.25, 0.3) is 0 Å². The zero-order valence-electron chi connectivity index (χ0n) is 13.4. The zero-order chi connectivity index (χ0) is 16.1. The fraction of sp³-hybridized carbons (Fsp3) is 0.316. The van der Waals surface area contributed by atoms with Gasteiger partial charge in [0.05, 0.1) is 0 Å². The predicted molar refractivity (Wildman–Crippen MR) is 88.9 cm³/mol. The Morgan fingerprint density at radius 2 is 1.41 bits per heavy atom. The summed E-state index contributed by atoms with van der Waals surface area (Å²) in [5, 5.41) is 10.4. The third-order valence-corrected chi connectivity index (χ3v) is 3.92. The van der Waals surface area contributed by atoms with Gasteiger partial charge in [-0.3, -0.25) is 4.79 Å². The third kappa shape index (κ3) is 3.55. The summed E-state index contributed by atoms with van der Waals surface area (Å²) in [5.74, 6) is 0.0291. The number of carbonyl (C=O) groups excluding carboxylic acids is 1. The maximum absolute atomic E-state index is 12.3. The summed E-state index contributed by atoms with van der Waals surface area (Å²) in [4.78, 5) is 14.0. The van der Waals surface area contributed by atoms with Crippen molar-refractivity contribution in [1.82, 2.24) is 4.90 Å². The molecular weight excluding hydrogens is 274 g/mol. The van der Waals surface area contributed by atoms with Gasteiger partial charge in [-0.25, -0.2) is 0 Å². The van der Waals surface area contributed by atoms with E-state index in [2.05, 4.69) is 0 Å². The Morgan fingerprint density at radius 3 is 1.86 bits per heavy atom. The Labute approximate surface area is 132 Å². The molecule has 0 aliphatic rings. The van der Waals surface area contributed by atoms with Crippen molar-refractivity contribution in [3.63, 3.8) is 0 Å². The van der Waals surface area contributed by atoms with Crippen LogP contribution in [0.5, 0.6) is 0 Å². The molecule has 0 saturated carbocycles. The molecule has 1 N–H and O–H groups in total. The van der Waals surface area contributed by atoms with Crippen LogP contribution in [0.15, 0.2) is 48.5 Å². The highest BCUT2D eigenvalue weighted by molar-refractivity contribution is 5.94. The zero-order valence-corrected chi connectivity index (χ0v) is 13.4. The van der Waals surface area contributed by atoms with Gasteiger partial charge in [0, 0.05) is 18.7 Å². The Hall–Kier alpha value is -2.13. The first kappa shape index (κ1) is 16.2. The van der Waals surface area contributed by atoms with Crippen molar-refractivity contribution in [2.75, 3.05) is 13.1 Å². The molecule has 0 unspecified atom stereocenters. The molecule has 116 valence electrons. The standard InChI is InChI=1S/C19H23NO2/c1-4-20(5-2)19(22)17-12-10-16(11-13-17)18(21)15-8-6-14(3)7-9-15/h6-13,18,21H,4-5H2,1-3H3/t18-/m0/s1. The number of amides is 1. The van der Waals surface area contributed by atoms with Crippen LogP contribution in [0.4, 0.5) is 0 Å². The van der Waals surface area contributed by atoms with Gasteiger partial charge in [0.2, 0.25) is 0 Å². The van der Waals surface area contributed by atoms with Crippen molar-refractivity contribution in [2.45, 2.75) is 26.9 Å². The van der Waals surface area contributed by atoms with Gasteiger partial charge < -0.3 is 10.0 Å². The first-order valence-electron chi connectivity index (χ1n) is 7.70. The normalized spacial score (nSPS) is 12.0. The second kappa shape index (κ2) is 7.23. The Bertz CT molecular complexity index is 613. The fourth-order valence-electron chi connectivity index (χ4n) is 2.44. The number of rotatable bonds is 5. The van der Waals surface area contributed by atoms with E-state index in [1.54, 1.807) is 17.0 Å². The molecule has 0 saturated heterocycles. The number of nitrogens with zero attached hydrogens (tertiary/aromatic N) is 1. The third-order valence-electron chi connectivity index (χ3n) is 3.92. The van der Waals surface area contributed by atoms with Crippen molar-refractivity contribution >= 4 is 5.91 Å². The molecule has 0 bridgehead atoms. The van der Waals surface area contributed by atoms with Gasteiger partial charge in [0.25, 0.3) is 5.91 Å². The quantitative estimate of drug-likeness (QED) is 0.916. The van der Waals surface area contributed by atoms with E-state index in [9.17, 15) is 9.90 Å². The highest BCUT2D eigenvalue weighted by atomic mass is 16.3. The Kier molecular flexibility index (Phi) is 5.34. The first-order chi connectivity index (χ1) is 10.6. The average Bonchev–Trinajstić information content (AvgIpc) is 2.56. The molecule has 3 nitrogen and oxygen atoms in total. The van der Waals surface area contributed by atoms with E-state index < -0.39 is 6.10 Å². The number of aliphatic hydroxyl groups is 1. The molecule has 0 aliphatic heterocycles. The second-order valence-electron chi connectivity index (χ2n) is 5.41. The molecule has 0 aliphatic carbocycles. The van der Waals surface area contributed by atoms with Gasteiger partial charge in [0.15, 0.2) is 0 Å². The smallest absolute Gasteiger partial charge is 0.253 e. The Morgan fingerprint density at radius 1 is 0.955 bits per heavy atom. The largest absolute Gasteiger partial charge is 0.384 e. The topological polar surface area (TPSA) is 40.5 Å². The number of carbonyl (C=O) groups is 1. The summed E-state index contributed by atoms with van der Waals surface area (Å²) >= 11 is 0. The monoisotopic (exact) mass is 297 g/mol. The molecule has 0 radical (unpaired) electrons. The minimum absolute atomic E-state index is 0.0291. The number of aliphatic hydroxyl groups excluding tert-OH is 1. The predicted octanol–water partition coefficient (Wildman–Crippen LogP) is 3.56. The van der Waals surface area contributed by atoms with Crippen LogP contribution in [0.2, 0.25) is 0 Å². The summed E-state index contributed by atoms with van der Waals surface area (Å²) in [7, 11) is 0. The van der Waals surface area contributed by atoms with E-state index in [4.69, 9.17) is 0 Å². The van der Waals surface area contributed by atoms with Crippen LogP contribution in [0.1, 0.15) is 47.0 Å². The maximum atomic E-state index is 12.3. The number of hydrogen-bond donors (Lipinski definition) is 1. The number of benzene rings is 2. The molecule has 2 aromatic carbocycles. The van der Waals surface area contributed by atoms with Crippen LogP contribution in [-0.4, -0.2) is 29.0 Å². The van der Waals surface area contributed by atoms with Crippen molar-refractivity contribution < 1.29 is 9.90 Å². The minimum atomic E-state index is -0.668. The van der Waals surface area contributed by atoms with Crippen molar-refractivity contribution in [3.8, 4) is 0 Å². The minimum Gasteiger partial charge on any atom is -0.384 e. The molecule has 0 fully saturated rings. The number of hydrogen-bond acceptors (Lipinski definition) is 2. The summed E-state index contributed by atoms with van der Waals surface area (Å²) in [6.07, 6.45) is -0.668. The van der Waals surface area contributed by atoms with Gasteiger partial charge in [-0.05, 0) is 44.0 Å². The summed E-state index contributed by atoms with van der Waals surface area (Å²) in [6, 6.07) is 15.0. The molecule has 22 heavy (non-hydrogen) atoms. The summed E-state index contributed by atoms with van der Waals surface area (Å²) < 4.78 is 0. The molecule has 0 aromatic heterocycles. The van der Waals surface area contributed by atoms with Crippen LogP contribution in [0, 0.1) is 6.92 Å². The van der Waals surface area contributed by atoms with Crippen LogP contribution in [0.3, 0.4) is 0 Å². The Balaban J connectivity index is 2.17. The fourth-order valence-corrected chi connectivity index (χ4v) is 2.44. The van der Waals surface area contributed by atoms with E-state index in [0.29, 0.717) is 18.7 Å². The van der Waals surface area contributed by atoms with Crippen molar-refractivity contribution in [2.24, 2.45) is 0 Å². The van der Waals surface area contributed by atoms with Crippen LogP contribution >= 0.6 is 0 Å². The van der Waals surface area contributed by atoms with Gasteiger partial charge >= 0.3 is 0 Å². The summed E-state index contributed by atoms with van der Waals surface area (Å²) in [5.41, 5.74) is 3.47. The SMILES string of the molecule is CCN(CC)C(=O)c1ccc([C@@H](O)c2ccc(C)cc2)cc1. The molecular formula is C19H23NO2. The first-order valence-corrected chi connectivity index (χ1v) is 7.70. The van der Waals surface area contributed by atoms with Crippen LogP contribution < -0.4 is 0 Å². The van der Waals surface area contributed by atoms with Gasteiger partial charge in [-0.2, -0.15) is 0 Å². The van der Waals surface area contributed by atoms with Crippen LogP contribution in [-0.2, 0) is 0 Å². The lowest BCUT2D eigenvalue weighted by Crippen LogP contribution is -2.30. The van der Waals surface area contributed by atoms with E-state index in [1.807, 2.05) is 57.2 Å². The molecule has 0 heterocycles. The highest BCUT2D eigenvalue weighted by Crippen LogP contribution is 2.22. The highest BCUT2D eigenvalue weighted by Gasteiger charge is 2.14. The van der Waals surface area contributed by atoms with Gasteiger partial charge in [-0.15, -0.1) is 0 Å². The molecule has 1 atom stereocenters. The van der Waals surface area contributed by atoms with E-state index in [1.165, 1.54) is 0 Å². The second-order valence-corrected chi connectivity index (χ2v) is 5.41. The van der Waals surface area contributed by atoms with E-state index >= 15 is 0 Å². The molecule has 2 rings (SSSR count). The van der Waals surface area contributed by atoms with Crippen molar-refractivity contribution in [1.29, 1.82) is 0 Å². The molecule has 2 aromatic rings. The number of aryl methyl sites for hydroxylation is 1. The molecule has 1 amide bonds. The van der Waals surface area contributed by atoms with E-state index in [-0.39, 0.29) is 5.91 Å². The molecule has 3 heteroatoms. The lowest BCUT2D eigenvalue weighted by molar-refractivity contribution is 0.0773. The van der Waals surface area contributed by atoms with Gasteiger partial charge in [-0.1, -0.05) is 42.0 Å². The average molecular weight is 297 g/mol. The lowest BCUT2D eigenvalue weighted by Gasteiger charge is -2.19. The molecule has 0 spiro atoms.